The minimum absolute atomic E-state index is 0.00515. The van der Waals surface area contributed by atoms with Gasteiger partial charge in [-0.3, -0.25) is 9.69 Å². The van der Waals surface area contributed by atoms with Crippen molar-refractivity contribution in [3.8, 4) is 5.69 Å². The van der Waals surface area contributed by atoms with Crippen LogP contribution in [0.3, 0.4) is 0 Å². The summed E-state index contributed by atoms with van der Waals surface area (Å²) < 4.78 is 7.19. The lowest BCUT2D eigenvalue weighted by molar-refractivity contribution is -0.133. The van der Waals surface area contributed by atoms with Crippen LogP contribution in [0.1, 0.15) is 41.4 Å². The quantitative estimate of drug-likeness (QED) is 0.546. The van der Waals surface area contributed by atoms with Crippen molar-refractivity contribution in [1.82, 2.24) is 24.6 Å². The largest absolute Gasteiger partial charge is 0.477 e. The van der Waals surface area contributed by atoms with Crippen molar-refractivity contribution in [1.29, 1.82) is 0 Å². The number of benzene rings is 1. The molecular formula is C27H32N6O4. The van der Waals surface area contributed by atoms with Crippen molar-refractivity contribution in [3.63, 3.8) is 0 Å². The van der Waals surface area contributed by atoms with Gasteiger partial charge in [0.15, 0.2) is 11.3 Å². The number of piperazine rings is 1. The first-order valence-electron chi connectivity index (χ1n) is 13.1. The average molecular weight is 505 g/mol. The summed E-state index contributed by atoms with van der Waals surface area (Å²) in [4.78, 5) is 35.9. The summed E-state index contributed by atoms with van der Waals surface area (Å²) in [6.45, 7) is 5.79. The second kappa shape index (κ2) is 10.1. The molecule has 1 saturated carbocycles. The van der Waals surface area contributed by atoms with Crippen molar-refractivity contribution in [3.05, 3.63) is 47.8 Å². The van der Waals surface area contributed by atoms with E-state index in [1.165, 1.54) is 6.42 Å². The van der Waals surface area contributed by atoms with E-state index in [4.69, 9.17) is 9.84 Å². The lowest BCUT2D eigenvalue weighted by atomic mass is 9.82. The Kier molecular flexibility index (Phi) is 6.52. The number of carbonyl (C=O) groups is 2. The topological polar surface area (TPSA) is 104 Å². The van der Waals surface area contributed by atoms with Crippen molar-refractivity contribution >= 4 is 28.6 Å². The highest BCUT2D eigenvalue weighted by molar-refractivity contribution is 5.98. The Morgan fingerprint density at radius 1 is 1.00 bits per heavy atom. The molecule has 0 radical (unpaired) electrons. The molecule has 0 bridgehead atoms. The number of hydrogen-bond donors (Lipinski definition) is 1. The molecule has 10 nitrogen and oxygen atoms in total. The van der Waals surface area contributed by atoms with Crippen LogP contribution in [0, 0.1) is 0 Å². The molecule has 2 saturated heterocycles. The molecule has 3 aliphatic rings. The van der Waals surface area contributed by atoms with Crippen molar-refractivity contribution < 1.29 is 19.4 Å². The molecule has 194 valence electrons. The van der Waals surface area contributed by atoms with Crippen LogP contribution in [-0.2, 0) is 9.53 Å². The molecule has 0 spiro atoms. The molecule has 1 aromatic carbocycles. The molecule has 10 heteroatoms. The smallest absolute Gasteiger partial charge is 0.354 e. The fourth-order valence-electron chi connectivity index (χ4n) is 5.45. The van der Waals surface area contributed by atoms with Gasteiger partial charge in [0, 0.05) is 45.2 Å². The second-order valence-electron chi connectivity index (χ2n) is 10.0. The van der Waals surface area contributed by atoms with Crippen molar-refractivity contribution in [2.75, 3.05) is 63.9 Å². The number of aromatic nitrogens is 3. The van der Waals surface area contributed by atoms with Gasteiger partial charge in [0.2, 0.25) is 5.91 Å². The maximum Gasteiger partial charge on any atom is 0.354 e. The van der Waals surface area contributed by atoms with E-state index in [1.807, 2.05) is 35.2 Å². The highest BCUT2D eigenvalue weighted by Gasteiger charge is 2.32. The minimum Gasteiger partial charge on any atom is -0.477 e. The molecular weight excluding hydrogens is 472 g/mol. The number of fused-ring (bicyclic) bond motifs is 1. The SMILES string of the molecule is O=C(O)c1cc(N2CCN(C(=O)CN3CCOCC3)CC2)c2c(C3CCC3)nn(-c3ccccc3)c2n1. The van der Waals surface area contributed by atoms with Crippen molar-refractivity contribution in [2.24, 2.45) is 0 Å². The average Bonchev–Trinajstić information content (AvgIpc) is 3.27. The zero-order valence-electron chi connectivity index (χ0n) is 20.9. The van der Waals surface area contributed by atoms with Crippen LogP contribution in [-0.4, -0.2) is 101 Å². The molecule has 4 heterocycles. The first-order chi connectivity index (χ1) is 18.1. The molecule has 1 amide bonds. The van der Waals surface area contributed by atoms with Gasteiger partial charge in [0.05, 0.1) is 42.2 Å². The molecule has 6 rings (SSSR count). The highest BCUT2D eigenvalue weighted by atomic mass is 16.5. The Labute approximate surface area is 215 Å². The third-order valence-corrected chi connectivity index (χ3v) is 7.79. The van der Waals surface area contributed by atoms with Crippen LogP contribution >= 0.6 is 0 Å². The Hall–Kier alpha value is -3.50. The lowest BCUT2D eigenvalue weighted by Gasteiger charge is -2.38. The monoisotopic (exact) mass is 504 g/mol. The summed E-state index contributed by atoms with van der Waals surface area (Å²) in [5.41, 5.74) is 3.29. The van der Waals surface area contributed by atoms with Crippen molar-refractivity contribution in [2.45, 2.75) is 25.2 Å². The number of carboxylic acid groups (broad SMARTS) is 1. The highest BCUT2D eigenvalue weighted by Crippen LogP contribution is 2.42. The van der Waals surface area contributed by atoms with E-state index in [1.54, 1.807) is 10.7 Å². The molecule has 2 aliphatic heterocycles. The van der Waals surface area contributed by atoms with Gasteiger partial charge in [0.1, 0.15) is 0 Å². The number of carbonyl (C=O) groups excluding carboxylic acids is 1. The molecule has 0 atom stereocenters. The number of rotatable bonds is 6. The number of morpholine rings is 1. The standard InChI is InChI=1S/C27H32N6O4/c34-23(18-30-13-15-37-16-14-30)32-11-9-31(10-12-32)22-17-21(27(35)36)28-26-24(22)25(19-5-4-6-19)29-33(26)20-7-2-1-3-8-20/h1-3,7-8,17,19H,4-6,9-16,18H2,(H,35,36). The van der Waals surface area contributed by atoms with E-state index in [9.17, 15) is 14.7 Å². The number of ether oxygens (including phenoxy) is 1. The van der Waals surface area contributed by atoms with E-state index in [0.717, 1.165) is 48.4 Å². The number of pyridine rings is 1. The van der Waals surface area contributed by atoms with Gasteiger partial charge in [-0.05, 0) is 31.0 Å². The second-order valence-corrected chi connectivity index (χ2v) is 10.0. The van der Waals surface area contributed by atoms with Gasteiger partial charge in [-0.2, -0.15) is 5.10 Å². The van der Waals surface area contributed by atoms with E-state index in [0.29, 0.717) is 57.5 Å². The maximum atomic E-state index is 12.9. The zero-order valence-corrected chi connectivity index (χ0v) is 20.9. The first-order valence-corrected chi connectivity index (χ1v) is 13.1. The normalized spacial score (nSPS) is 19.2. The molecule has 1 aliphatic carbocycles. The molecule has 0 unspecified atom stereocenters. The Bertz CT molecular complexity index is 1290. The molecule has 3 fully saturated rings. The Morgan fingerprint density at radius 2 is 1.73 bits per heavy atom. The van der Waals surface area contributed by atoms with Crippen LogP contribution in [0.4, 0.5) is 5.69 Å². The van der Waals surface area contributed by atoms with Gasteiger partial charge in [-0.25, -0.2) is 14.5 Å². The van der Waals surface area contributed by atoms with Gasteiger partial charge >= 0.3 is 5.97 Å². The number of anilines is 1. The predicted octanol–water partition coefficient (Wildman–Crippen LogP) is 2.37. The van der Waals surface area contributed by atoms with Gasteiger partial charge in [-0.1, -0.05) is 24.6 Å². The van der Waals surface area contributed by atoms with E-state index in [2.05, 4.69) is 14.8 Å². The number of aromatic carboxylic acids is 1. The third kappa shape index (κ3) is 4.67. The summed E-state index contributed by atoms with van der Waals surface area (Å²) in [6, 6.07) is 11.5. The number of para-hydroxylation sites is 1. The number of nitrogens with zero attached hydrogens (tertiary/aromatic N) is 6. The van der Waals surface area contributed by atoms with Gasteiger partial charge in [0.25, 0.3) is 0 Å². The predicted molar refractivity (Wildman–Crippen MR) is 138 cm³/mol. The summed E-state index contributed by atoms with van der Waals surface area (Å²) in [7, 11) is 0. The molecule has 1 N–H and O–H groups in total. The first kappa shape index (κ1) is 23.9. The number of carboxylic acids is 1. The number of hydrogen-bond acceptors (Lipinski definition) is 7. The molecule has 2 aromatic heterocycles. The minimum atomic E-state index is -1.06. The molecule has 37 heavy (non-hydrogen) atoms. The maximum absolute atomic E-state index is 12.9. The van der Waals surface area contributed by atoms with Crippen LogP contribution < -0.4 is 4.90 Å². The van der Waals surface area contributed by atoms with Crippen LogP contribution in [0.15, 0.2) is 36.4 Å². The molecule has 3 aromatic rings. The van der Waals surface area contributed by atoms with Crippen LogP contribution in [0.25, 0.3) is 16.7 Å². The third-order valence-electron chi connectivity index (χ3n) is 7.79. The summed E-state index contributed by atoms with van der Waals surface area (Å²) >= 11 is 0. The van der Waals surface area contributed by atoms with E-state index < -0.39 is 5.97 Å². The van der Waals surface area contributed by atoms with E-state index in [-0.39, 0.29) is 11.6 Å². The fraction of sp³-hybridized carbons (Fsp3) is 0.481. The Balaban J connectivity index is 1.32. The summed E-state index contributed by atoms with van der Waals surface area (Å²) in [6.07, 6.45) is 3.32. The van der Waals surface area contributed by atoms with E-state index >= 15 is 0 Å². The number of amides is 1. The van der Waals surface area contributed by atoms with Gasteiger partial charge < -0.3 is 19.6 Å². The fourth-order valence-corrected chi connectivity index (χ4v) is 5.45. The van der Waals surface area contributed by atoms with Crippen LogP contribution in [0.2, 0.25) is 0 Å². The van der Waals surface area contributed by atoms with Gasteiger partial charge in [-0.15, -0.1) is 0 Å². The lowest BCUT2D eigenvalue weighted by Crippen LogP contribution is -2.52. The Morgan fingerprint density at radius 3 is 2.38 bits per heavy atom. The van der Waals surface area contributed by atoms with Crippen LogP contribution in [0.5, 0.6) is 0 Å². The summed E-state index contributed by atoms with van der Waals surface area (Å²) in [5, 5.41) is 15.8. The summed E-state index contributed by atoms with van der Waals surface area (Å²) in [5.74, 6) is -0.576. The zero-order chi connectivity index (χ0) is 25.4.